The maximum Gasteiger partial charge on any atom is 0.253 e. The summed E-state index contributed by atoms with van der Waals surface area (Å²) in [6.45, 7) is 1.31. The largest absolute Gasteiger partial charge is 0.378 e. The molecule has 0 unspecified atom stereocenters. The van der Waals surface area contributed by atoms with Crippen LogP contribution in [0.25, 0.3) is 6.08 Å². The van der Waals surface area contributed by atoms with E-state index in [4.69, 9.17) is 0 Å². The fourth-order valence-electron chi connectivity index (χ4n) is 3.30. The van der Waals surface area contributed by atoms with Gasteiger partial charge in [0.05, 0.1) is 0 Å². The van der Waals surface area contributed by atoms with Gasteiger partial charge in [-0.25, -0.2) is 0 Å². The van der Waals surface area contributed by atoms with Crippen molar-refractivity contribution in [1.29, 1.82) is 0 Å². The molecule has 0 spiro atoms. The van der Waals surface area contributed by atoms with Crippen LogP contribution >= 0.6 is 0 Å². The number of nitrogens with one attached hydrogen (secondary N) is 1. The van der Waals surface area contributed by atoms with E-state index in [1.165, 1.54) is 0 Å². The number of rotatable bonds is 5. The second kappa shape index (κ2) is 9.22. The Bertz CT molecular complexity index is 821. The van der Waals surface area contributed by atoms with Crippen molar-refractivity contribution >= 4 is 23.6 Å². The van der Waals surface area contributed by atoms with E-state index in [1.54, 1.807) is 6.08 Å². The van der Waals surface area contributed by atoms with Gasteiger partial charge in [0, 0.05) is 50.6 Å². The predicted octanol–water partition coefficient (Wildman–Crippen LogP) is 3.19. The molecule has 0 bridgehead atoms. The molecule has 1 N–H and O–H groups in total. The van der Waals surface area contributed by atoms with Crippen LogP contribution in [-0.4, -0.2) is 49.9 Å². The molecule has 1 heterocycles. The normalized spacial score (nSPS) is 14.9. The van der Waals surface area contributed by atoms with Crippen LogP contribution in [-0.2, 0) is 4.79 Å². The molecule has 2 aromatic rings. The number of benzene rings is 2. The zero-order valence-electron chi connectivity index (χ0n) is 16.5. The highest BCUT2D eigenvalue weighted by molar-refractivity contribution is 5.95. The standard InChI is InChI=1S/C23H27N3O2/c1-25(2)21-11-9-19(10-12-21)23(28)26-16-14-20(15-17-26)24-22(27)13-8-18-6-4-3-5-7-18/h3-13,20H,14-17H2,1-2H3,(H,24,27)/b13-8+. The molecule has 0 radical (unpaired) electrons. The third-order valence-corrected chi connectivity index (χ3v) is 4.99. The lowest BCUT2D eigenvalue weighted by atomic mass is 10.0. The Kier molecular flexibility index (Phi) is 6.48. The molecule has 0 saturated carbocycles. The minimum atomic E-state index is -0.0899. The molecular formula is C23H27N3O2. The Morgan fingerprint density at radius 1 is 1.00 bits per heavy atom. The summed E-state index contributed by atoms with van der Waals surface area (Å²) in [5.74, 6) is -0.0352. The summed E-state index contributed by atoms with van der Waals surface area (Å²) in [7, 11) is 3.95. The molecule has 0 aromatic heterocycles. The minimum absolute atomic E-state index is 0.0547. The fourth-order valence-corrected chi connectivity index (χ4v) is 3.30. The number of carbonyl (C=O) groups excluding carboxylic acids is 2. The van der Waals surface area contributed by atoms with Crippen LogP contribution in [0, 0.1) is 0 Å². The first-order valence-electron chi connectivity index (χ1n) is 9.63. The Labute approximate surface area is 166 Å². The lowest BCUT2D eigenvalue weighted by Gasteiger charge is -2.32. The van der Waals surface area contributed by atoms with Crippen LogP contribution in [0.1, 0.15) is 28.8 Å². The van der Waals surface area contributed by atoms with Crippen LogP contribution in [0.4, 0.5) is 5.69 Å². The number of carbonyl (C=O) groups is 2. The van der Waals surface area contributed by atoms with E-state index in [0.29, 0.717) is 18.7 Å². The Balaban J connectivity index is 1.48. The van der Waals surface area contributed by atoms with E-state index >= 15 is 0 Å². The summed E-state index contributed by atoms with van der Waals surface area (Å²) >= 11 is 0. The zero-order valence-corrected chi connectivity index (χ0v) is 16.5. The van der Waals surface area contributed by atoms with E-state index in [1.807, 2.05) is 84.6 Å². The Morgan fingerprint density at radius 2 is 1.64 bits per heavy atom. The van der Waals surface area contributed by atoms with Crippen molar-refractivity contribution in [3.8, 4) is 0 Å². The number of hydrogen-bond donors (Lipinski definition) is 1. The van der Waals surface area contributed by atoms with Crippen molar-refractivity contribution in [3.63, 3.8) is 0 Å². The van der Waals surface area contributed by atoms with Gasteiger partial charge in [-0.05, 0) is 48.7 Å². The molecule has 1 aliphatic rings. The van der Waals surface area contributed by atoms with Crippen molar-refractivity contribution in [3.05, 3.63) is 71.8 Å². The van der Waals surface area contributed by atoms with Gasteiger partial charge in [-0.2, -0.15) is 0 Å². The lowest BCUT2D eigenvalue weighted by molar-refractivity contribution is -0.117. The molecule has 146 valence electrons. The maximum atomic E-state index is 12.7. The highest BCUT2D eigenvalue weighted by Crippen LogP contribution is 2.17. The molecule has 0 atom stereocenters. The van der Waals surface area contributed by atoms with E-state index in [9.17, 15) is 9.59 Å². The third-order valence-electron chi connectivity index (χ3n) is 4.99. The number of piperidine rings is 1. The van der Waals surface area contributed by atoms with Crippen LogP contribution in [0.5, 0.6) is 0 Å². The van der Waals surface area contributed by atoms with Gasteiger partial charge in [0.25, 0.3) is 5.91 Å². The molecule has 5 heteroatoms. The second-order valence-corrected chi connectivity index (χ2v) is 7.26. The molecule has 1 saturated heterocycles. The van der Waals surface area contributed by atoms with Crippen LogP contribution in [0.3, 0.4) is 0 Å². The van der Waals surface area contributed by atoms with E-state index < -0.39 is 0 Å². The third kappa shape index (κ3) is 5.22. The molecular weight excluding hydrogens is 350 g/mol. The van der Waals surface area contributed by atoms with Crippen LogP contribution < -0.4 is 10.2 Å². The summed E-state index contributed by atoms with van der Waals surface area (Å²) in [5.41, 5.74) is 2.78. The monoisotopic (exact) mass is 377 g/mol. The summed E-state index contributed by atoms with van der Waals surface area (Å²) in [6, 6.07) is 17.5. The number of likely N-dealkylation sites (tertiary alicyclic amines) is 1. The number of anilines is 1. The highest BCUT2D eigenvalue weighted by atomic mass is 16.2. The molecule has 1 aliphatic heterocycles. The fraction of sp³-hybridized carbons (Fsp3) is 0.304. The molecule has 5 nitrogen and oxygen atoms in total. The van der Waals surface area contributed by atoms with Crippen LogP contribution in [0.15, 0.2) is 60.7 Å². The zero-order chi connectivity index (χ0) is 19.9. The van der Waals surface area contributed by atoms with Crippen molar-refractivity contribution in [2.24, 2.45) is 0 Å². The van der Waals surface area contributed by atoms with Gasteiger partial charge in [-0.1, -0.05) is 30.3 Å². The van der Waals surface area contributed by atoms with Gasteiger partial charge in [-0.3, -0.25) is 9.59 Å². The van der Waals surface area contributed by atoms with Crippen molar-refractivity contribution < 1.29 is 9.59 Å². The van der Waals surface area contributed by atoms with Crippen molar-refractivity contribution in [1.82, 2.24) is 10.2 Å². The molecule has 0 aliphatic carbocycles. The number of nitrogens with zero attached hydrogens (tertiary/aromatic N) is 2. The average Bonchev–Trinajstić information content (AvgIpc) is 2.73. The topological polar surface area (TPSA) is 52.7 Å². The van der Waals surface area contributed by atoms with E-state index in [0.717, 1.165) is 24.1 Å². The van der Waals surface area contributed by atoms with Gasteiger partial charge in [0.1, 0.15) is 0 Å². The summed E-state index contributed by atoms with van der Waals surface area (Å²) < 4.78 is 0. The predicted molar refractivity (Wildman–Crippen MR) is 113 cm³/mol. The van der Waals surface area contributed by atoms with Gasteiger partial charge in [0.15, 0.2) is 0 Å². The molecule has 28 heavy (non-hydrogen) atoms. The molecule has 1 fully saturated rings. The summed E-state index contributed by atoms with van der Waals surface area (Å²) in [6.07, 6.45) is 4.92. The minimum Gasteiger partial charge on any atom is -0.378 e. The van der Waals surface area contributed by atoms with Crippen LogP contribution in [0.2, 0.25) is 0 Å². The summed E-state index contributed by atoms with van der Waals surface area (Å²) in [4.78, 5) is 28.7. The Hall–Kier alpha value is -3.08. The van der Waals surface area contributed by atoms with Gasteiger partial charge in [-0.15, -0.1) is 0 Å². The van der Waals surface area contributed by atoms with Crippen molar-refractivity contribution in [2.45, 2.75) is 18.9 Å². The highest BCUT2D eigenvalue weighted by Gasteiger charge is 2.24. The first-order chi connectivity index (χ1) is 13.5. The first-order valence-corrected chi connectivity index (χ1v) is 9.63. The smallest absolute Gasteiger partial charge is 0.253 e. The van der Waals surface area contributed by atoms with E-state index in [2.05, 4.69) is 5.32 Å². The Morgan fingerprint density at radius 3 is 2.25 bits per heavy atom. The molecule has 2 amide bonds. The quantitative estimate of drug-likeness (QED) is 0.814. The molecule has 2 aromatic carbocycles. The van der Waals surface area contributed by atoms with Gasteiger partial charge in [0.2, 0.25) is 5.91 Å². The van der Waals surface area contributed by atoms with Crippen molar-refractivity contribution in [2.75, 3.05) is 32.1 Å². The van der Waals surface area contributed by atoms with Gasteiger partial charge >= 0.3 is 0 Å². The average molecular weight is 377 g/mol. The number of hydrogen-bond acceptors (Lipinski definition) is 3. The number of amides is 2. The SMILES string of the molecule is CN(C)c1ccc(C(=O)N2CCC(NC(=O)/C=C/c3ccccc3)CC2)cc1. The van der Waals surface area contributed by atoms with Gasteiger partial charge < -0.3 is 15.1 Å². The summed E-state index contributed by atoms with van der Waals surface area (Å²) in [5, 5.41) is 3.04. The second-order valence-electron chi connectivity index (χ2n) is 7.26. The first kappa shape index (κ1) is 19.7. The maximum absolute atomic E-state index is 12.7. The van der Waals surface area contributed by atoms with E-state index in [-0.39, 0.29) is 17.9 Å². The molecule has 3 rings (SSSR count). The lowest BCUT2D eigenvalue weighted by Crippen LogP contribution is -2.46.